The average molecular weight is 2030 g/mol. The molecule has 6 aromatic heterocycles. The van der Waals surface area contributed by atoms with Crippen molar-refractivity contribution in [2.75, 3.05) is 59.1 Å². The van der Waals surface area contributed by atoms with E-state index < -0.39 is 53.4 Å². The van der Waals surface area contributed by atoms with E-state index >= 15 is 0 Å². The molecule has 6 atom stereocenters. The third kappa shape index (κ3) is 32.0. The molecule has 3 N–H and O–H groups in total. The minimum atomic E-state index is -0.888. The molecule has 1 aliphatic carbocycles. The molecule has 4 fully saturated rings. The molecule has 9 heterocycles. The summed E-state index contributed by atoms with van der Waals surface area (Å²) in [5.74, 6) is -1.76. The van der Waals surface area contributed by atoms with Crippen molar-refractivity contribution in [1.82, 2.24) is 44.6 Å². The Balaban J connectivity index is 0.000000173. The molecule has 0 radical (unpaired) electrons. The van der Waals surface area contributed by atoms with Crippen molar-refractivity contribution in [2.45, 2.75) is 227 Å². The maximum atomic E-state index is 13.7. The van der Waals surface area contributed by atoms with Crippen LogP contribution >= 0.6 is 34.0 Å². The molecule has 1 saturated carbocycles. The Bertz CT molecular complexity index is 6230. The number of carbonyl (C=O) groups is 9. The fraction of sp³-hybridized carbons (Fsp3) is 0.420. The zero-order valence-electron chi connectivity index (χ0n) is 84.7. The number of amides is 3. The van der Waals surface area contributed by atoms with E-state index in [1.54, 1.807) is 26.0 Å². The van der Waals surface area contributed by atoms with Gasteiger partial charge >= 0.3 is 17.9 Å². The fourth-order valence-corrected chi connectivity index (χ4v) is 21.8. The molecular weight excluding hydrogens is 1890 g/mol. The lowest BCUT2D eigenvalue weighted by molar-refractivity contribution is -0.143. The number of unbranched alkanes of at least 4 members (excludes halogenated alkanes) is 12. The van der Waals surface area contributed by atoms with Gasteiger partial charge in [0.15, 0.2) is 34.8 Å². The van der Waals surface area contributed by atoms with Crippen LogP contribution in [0.3, 0.4) is 0 Å². The molecule has 4 aliphatic rings. The standard InChI is InChI=1S/C40H45N3O5S.C40H47N3O5S.C39H45N3O5S/c1-2-3-4-5-6-21-48-34-15-13-28(14-16-34)33-24-41-38(42-25-33)30-9-7-27(8-10-30)22-32(39(45)43-20-19-31(26-43)40(46)47)23-35(44)37-18-17-36(49-37)29-11-12-29;1-3-5-6-7-8-22-48-34-16-14-29(15-17-34)33-25-41-38(42-26-33)30-12-10-28(11-13-30)23-32(39(45)43-21-20-31(27-43)40(46)47)24-36(44)37-19-18-35(49-37)9-4-2;1-3-5-6-7-8-21-47-33-15-13-28(14-16-33)32-24-40-37(41-25-32)29-11-9-27(10-12-29)22-31(23-35(43)36-18-17-34(4-2)48-36)38(44)42-20-19-30(26-42)39(45)46/h7-10,13-18,24-25,29,31-32H,2-6,11-12,19-23,26H2,1H3,(H,46,47);10-19,25-26,31-32H,3-9,20-24,27H2,1-2H3,(H,46,47);9-18,24-25,30-31H,3-8,19-23,26H2,1-2H3,(H,45,46)/t2*31-,32+;30-,31+/m000/s1. The molecule has 146 heavy (non-hydrogen) atoms. The van der Waals surface area contributed by atoms with Gasteiger partial charge in [-0.25, -0.2) is 29.9 Å². The number of carboxylic acids is 3. The summed E-state index contributed by atoms with van der Waals surface area (Å²) in [4.78, 5) is 154. The highest BCUT2D eigenvalue weighted by Crippen LogP contribution is 2.44. The van der Waals surface area contributed by atoms with Gasteiger partial charge in [0, 0.05) is 161 Å². The smallest absolute Gasteiger partial charge is 0.308 e. The predicted molar refractivity (Wildman–Crippen MR) is 575 cm³/mol. The van der Waals surface area contributed by atoms with Gasteiger partial charge < -0.3 is 44.2 Å². The van der Waals surface area contributed by atoms with Crippen LogP contribution in [-0.4, -0.2) is 172 Å². The van der Waals surface area contributed by atoms with E-state index in [1.165, 1.54) is 117 Å². The zero-order valence-corrected chi connectivity index (χ0v) is 87.1. The Morgan fingerprint density at radius 3 is 0.884 bits per heavy atom. The highest BCUT2D eigenvalue weighted by Gasteiger charge is 2.40. The number of thiophene rings is 3. The summed E-state index contributed by atoms with van der Waals surface area (Å²) in [6, 6.07) is 59.0. The number of carboxylic acid groups (broad SMARTS) is 3. The van der Waals surface area contributed by atoms with Crippen molar-refractivity contribution in [3.63, 3.8) is 0 Å². The first-order chi connectivity index (χ1) is 71.0. The van der Waals surface area contributed by atoms with Gasteiger partial charge in [0.1, 0.15) is 17.2 Å². The van der Waals surface area contributed by atoms with Crippen molar-refractivity contribution >= 4 is 87.0 Å². The largest absolute Gasteiger partial charge is 0.494 e. The first kappa shape index (κ1) is 109. The Morgan fingerprint density at radius 2 is 0.603 bits per heavy atom. The van der Waals surface area contributed by atoms with Crippen molar-refractivity contribution in [2.24, 2.45) is 35.5 Å². The van der Waals surface area contributed by atoms with E-state index in [1.807, 2.05) is 226 Å². The maximum Gasteiger partial charge on any atom is 0.308 e. The molecule has 24 nitrogen and oxygen atoms in total. The van der Waals surface area contributed by atoms with Crippen LogP contribution in [0.5, 0.6) is 17.2 Å². The number of hydrogen-bond acceptors (Lipinski definition) is 21. The van der Waals surface area contributed by atoms with Crippen LogP contribution in [0.1, 0.15) is 255 Å². The monoisotopic (exact) mass is 2030 g/mol. The van der Waals surface area contributed by atoms with Gasteiger partial charge in [-0.2, -0.15) is 0 Å². The number of Topliss-reactive ketones (excluding diaryl/α,β-unsaturated/α-hetero) is 3. The summed E-state index contributed by atoms with van der Waals surface area (Å²) in [6.45, 7) is 14.7. The third-order valence-corrected chi connectivity index (χ3v) is 31.4. The van der Waals surface area contributed by atoms with Gasteiger partial charge in [-0.15, -0.1) is 34.0 Å². The number of hydrogen-bond donors (Lipinski definition) is 3. The van der Waals surface area contributed by atoms with Crippen molar-refractivity contribution in [3.8, 4) is 84.8 Å². The average Bonchev–Trinajstić information content (AvgIpc) is 1.63. The topological polar surface area (TPSA) is 329 Å². The summed E-state index contributed by atoms with van der Waals surface area (Å²) in [6.07, 6.45) is 36.9. The molecule has 12 aromatic rings. The van der Waals surface area contributed by atoms with Crippen molar-refractivity contribution in [1.29, 1.82) is 0 Å². The van der Waals surface area contributed by atoms with Gasteiger partial charge in [0.25, 0.3) is 0 Å². The Hall–Kier alpha value is -13.1. The van der Waals surface area contributed by atoms with Gasteiger partial charge in [-0.1, -0.05) is 227 Å². The molecule has 0 unspecified atom stereocenters. The summed E-state index contributed by atoms with van der Waals surface area (Å²) in [7, 11) is 0. The minimum absolute atomic E-state index is 0.0330. The summed E-state index contributed by atoms with van der Waals surface area (Å²) in [5.41, 5.74) is 11.1. The normalized spacial score (nSPS) is 15.4. The summed E-state index contributed by atoms with van der Waals surface area (Å²) >= 11 is 4.51. The molecular formula is C119H137N9O15S3. The Morgan fingerprint density at radius 1 is 0.315 bits per heavy atom. The molecule has 27 heteroatoms. The zero-order chi connectivity index (χ0) is 103. The van der Waals surface area contributed by atoms with Crippen LogP contribution in [0.2, 0.25) is 0 Å². The molecule has 3 amide bonds. The number of rotatable bonds is 52. The number of likely N-dealkylation sites (tertiary alicyclic amines) is 3. The number of aliphatic carboxylic acids is 3. The fourth-order valence-electron chi connectivity index (χ4n) is 18.7. The van der Waals surface area contributed by atoms with Gasteiger partial charge in [0.2, 0.25) is 17.7 Å². The highest BCUT2D eigenvalue weighted by atomic mass is 32.1. The predicted octanol–water partition coefficient (Wildman–Crippen LogP) is 25.2. The van der Waals surface area contributed by atoms with Crippen LogP contribution in [-0.2, 0) is 60.9 Å². The van der Waals surface area contributed by atoms with Crippen LogP contribution in [0.15, 0.2) is 219 Å². The van der Waals surface area contributed by atoms with Gasteiger partial charge in [-0.3, -0.25) is 43.2 Å². The second-order valence-electron chi connectivity index (χ2n) is 38.9. The molecule has 16 rings (SSSR count). The van der Waals surface area contributed by atoms with E-state index in [4.69, 9.17) is 14.2 Å². The molecule has 3 aliphatic heterocycles. The van der Waals surface area contributed by atoms with Crippen LogP contribution in [0.4, 0.5) is 0 Å². The van der Waals surface area contributed by atoms with E-state index in [2.05, 4.69) is 57.6 Å². The number of ether oxygens (including phenoxy) is 3. The van der Waals surface area contributed by atoms with Gasteiger partial charge in [0.05, 0.1) is 52.2 Å². The quantitative estimate of drug-likeness (QED) is 0.0235. The SMILES string of the molecule is CCCCCCCOc1ccc(-c2cnc(-c3ccc(C[C@H](CC(=O)c4ccc(C5CC5)s4)C(=O)N4CC[C@H](C(=O)O)C4)cc3)nc2)cc1.CCCCCCCOc1ccc(-c2cnc(-c3ccc(C[C@H](CC(=O)c4ccc(CC)s4)C(=O)N4CC[C@H](C(=O)O)C4)cc3)nc2)cc1.CCCCCCCOc1ccc(-c2cnc(-c3ccc(C[C@H](CC(=O)c4ccc(CCC)s4)C(=O)N4CC[C@H](C(=O)O)C4)cc3)nc2)cc1. The minimum Gasteiger partial charge on any atom is -0.494 e. The summed E-state index contributed by atoms with van der Waals surface area (Å²) < 4.78 is 17.7. The van der Waals surface area contributed by atoms with E-state index in [0.29, 0.717) is 96.2 Å². The lowest BCUT2D eigenvalue weighted by atomic mass is 9.92. The summed E-state index contributed by atoms with van der Waals surface area (Å²) in [5, 5.41) is 28.4. The first-order valence-electron chi connectivity index (χ1n) is 52.4. The molecule has 0 spiro atoms. The van der Waals surface area contributed by atoms with E-state index in [0.717, 1.165) is 152 Å². The number of carbonyl (C=O) groups excluding carboxylic acids is 6. The second kappa shape index (κ2) is 55.4. The molecule has 0 bridgehead atoms. The number of benzene rings is 6. The van der Waals surface area contributed by atoms with E-state index in [9.17, 15) is 58.5 Å². The second-order valence-corrected chi connectivity index (χ2v) is 42.3. The number of aromatic nitrogens is 6. The molecule has 3 saturated heterocycles. The van der Waals surface area contributed by atoms with E-state index in [-0.39, 0.29) is 74.0 Å². The first-order valence-corrected chi connectivity index (χ1v) is 54.9. The number of aryl methyl sites for hydroxylation is 2. The third-order valence-electron chi connectivity index (χ3n) is 27.6. The highest BCUT2D eigenvalue weighted by molar-refractivity contribution is 7.14. The van der Waals surface area contributed by atoms with Crippen LogP contribution in [0.25, 0.3) is 67.5 Å². The molecule has 6 aromatic carbocycles. The lowest BCUT2D eigenvalue weighted by Crippen LogP contribution is -2.37. The maximum absolute atomic E-state index is 13.7. The Labute approximate surface area is 869 Å². The number of nitrogens with zero attached hydrogens (tertiary/aromatic N) is 9. The number of ketones is 3. The lowest BCUT2D eigenvalue weighted by Gasteiger charge is -2.23. The van der Waals surface area contributed by atoms with Gasteiger partial charge in [-0.05, 0) is 196 Å². The van der Waals surface area contributed by atoms with Crippen molar-refractivity contribution < 1.29 is 72.7 Å². The Kier molecular flexibility index (Phi) is 41.2. The van der Waals surface area contributed by atoms with Crippen molar-refractivity contribution in [3.05, 3.63) is 265 Å². The van der Waals surface area contributed by atoms with Crippen LogP contribution < -0.4 is 14.2 Å². The molecule has 766 valence electrons. The van der Waals surface area contributed by atoms with Crippen LogP contribution in [0, 0.1) is 35.5 Å².